The van der Waals surface area contributed by atoms with Crippen molar-refractivity contribution in [2.45, 2.75) is 52.0 Å². The molecule has 0 unspecified atom stereocenters. The minimum Gasteiger partial charge on any atom is -0.480 e. The van der Waals surface area contributed by atoms with Crippen molar-refractivity contribution >= 4 is 29.6 Å². The maximum absolute atomic E-state index is 11.8. The van der Waals surface area contributed by atoms with E-state index in [-0.39, 0.29) is 83.2 Å². The van der Waals surface area contributed by atoms with E-state index in [1.165, 1.54) is 0 Å². The summed E-state index contributed by atoms with van der Waals surface area (Å²) >= 11 is 0. The van der Waals surface area contributed by atoms with Crippen LogP contribution < -0.4 is 21.3 Å². The minimum absolute atomic E-state index is 0.00432. The number of unbranched alkanes of at least 4 members (excludes halogenated alkanes) is 1. The number of carboxylic acids is 1. The summed E-state index contributed by atoms with van der Waals surface area (Å²) in [6.07, 6.45) is 2.06. The molecule has 0 radical (unpaired) electrons. The first-order chi connectivity index (χ1) is 18.3. The van der Waals surface area contributed by atoms with E-state index in [0.717, 1.165) is 12.8 Å². The highest BCUT2D eigenvalue weighted by molar-refractivity contribution is 5.84. The van der Waals surface area contributed by atoms with Crippen LogP contribution >= 0.6 is 0 Å². The summed E-state index contributed by atoms with van der Waals surface area (Å²) in [6, 6.07) is -1.10. The first kappa shape index (κ1) is 35.2. The molecule has 38 heavy (non-hydrogen) atoms. The monoisotopic (exact) mass is 548 g/mol. The van der Waals surface area contributed by atoms with E-state index in [9.17, 15) is 24.0 Å². The van der Waals surface area contributed by atoms with E-state index in [1.807, 2.05) is 6.92 Å². The van der Waals surface area contributed by atoms with Crippen molar-refractivity contribution in [3.8, 4) is 0 Å². The quantitative estimate of drug-likeness (QED) is 0.0881. The Labute approximate surface area is 223 Å². The lowest BCUT2D eigenvalue weighted by Gasteiger charge is -2.13. The number of hydrogen-bond acceptors (Lipinski definition) is 9. The highest BCUT2D eigenvalue weighted by Crippen LogP contribution is 1.99. The molecule has 4 amide bonds. The van der Waals surface area contributed by atoms with Crippen molar-refractivity contribution in [1.82, 2.24) is 21.3 Å². The van der Waals surface area contributed by atoms with Gasteiger partial charge >= 0.3 is 5.97 Å². The first-order valence-electron chi connectivity index (χ1n) is 12.9. The molecule has 220 valence electrons. The van der Waals surface area contributed by atoms with Gasteiger partial charge in [0.15, 0.2) is 0 Å². The number of carbonyl (C=O) groups is 5. The molecule has 1 atom stereocenters. The Bertz CT molecular complexity index is 693. The molecule has 0 aromatic heterocycles. The van der Waals surface area contributed by atoms with Crippen LogP contribution in [0.15, 0.2) is 0 Å². The van der Waals surface area contributed by atoms with Gasteiger partial charge in [-0.05, 0) is 12.8 Å². The van der Waals surface area contributed by atoms with Crippen molar-refractivity contribution in [2.24, 2.45) is 0 Å². The molecule has 5 N–H and O–H groups in total. The summed E-state index contributed by atoms with van der Waals surface area (Å²) in [5.41, 5.74) is 0. The van der Waals surface area contributed by atoms with Gasteiger partial charge in [-0.1, -0.05) is 20.3 Å². The predicted molar refractivity (Wildman–Crippen MR) is 136 cm³/mol. The molecule has 0 aliphatic carbocycles. The molecule has 0 spiro atoms. The fourth-order valence-electron chi connectivity index (χ4n) is 2.72. The molecule has 0 bridgehead atoms. The lowest BCUT2D eigenvalue weighted by Crippen LogP contribution is -2.41. The Balaban J connectivity index is 3.53. The average Bonchev–Trinajstić information content (AvgIpc) is 2.89. The predicted octanol–water partition coefficient (Wildman–Crippen LogP) is -1.04. The maximum atomic E-state index is 11.8. The normalized spacial score (nSPS) is 11.4. The molecule has 0 heterocycles. The van der Waals surface area contributed by atoms with Gasteiger partial charge < -0.3 is 45.3 Å². The Hall–Kier alpha value is -2.81. The summed E-state index contributed by atoms with van der Waals surface area (Å²) in [5.74, 6) is -2.37. The second-order valence-electron chi connectivity index (χ2n) is 8.08. The average molecular weight is 549 g/mol. The summed E-state index contributed by atoms with van der Waals surface area (Å²) in [6.45, 7) is 6.26. The van der Waals surface area contributed by atoms with Gasteiger partial charge in [-0.3, -0.25) is 19.2 Å². The van der Waals surface area contributed by atoms with E-state index in [1.54, 1.807) is 6.92 Å². The summed E-state index contributed by atoms with van der Waals surface area (Å²) in [5, 5.41) is 19.4. The van der Waals surface area contributed by atoms with Crippen molar-refractivity contribution < 1.29 is 48.0 Å². The highest BCUT2D eigenvalue weighted by Gasteiger charge is 2.20. The van der Waals surface area contributed by atoms with Crippen LogP contribution in [-0.2, 0) is 42.9 Å². The number of carboxylic acid groups (broad SMARTS) is 1. The summed E-state index contributed by atoms with van der Waals surface area (Å²) < 4.78 is 21.0. The van der Waals surface area contributed by atoms with Crippen molar-refractivity contribution in [3.63, 3.8) is 0 Å². The van der Waals surface area contributed by atoms with E-state index < -0.39 is 17.9 Å². The Morgan fingerprint density at radius 2 is 1.16 bits per heavy atom. The number of aliphatic carboxylic acids is 1. The summed E-state index contributed by atoms with van der Waals surface area (Å²) in [4.78, 5) is 57.4. The van der Waals surface area contributed by atoms with Crippen LogP contribution in [0.4, 0.5) is 0 Å². The molecule has 0 rings (SSSR count). The second kappa shape index (κ2) is 24.5. The number of rotatable bonds is 25. The van der Waals surface area contributed by atoms with Gasteiger partial charge in [0.1, 0.15) is 19.3 Å². The number of nitrogens with one attached hydrogen (secondary N) is 4. The summed E-state index contributed by atoms with van der Waals surface area (Å²) in [7, 11) is 0. The van der Waals surface area contributed by atoms with Crippen molar-refractivity contribution in [1.29, 1.82) is 0 Å². The van der Waals surface area contributed by atoms with Gasteiger partial charge in [-0.15, -0.1) is 0 Å². The van der Waals surface area contributed by atoms with Crippen LogP contribution in [0.5, 0.6) is 0 Å². The SMILES string of the molecule is CCCCNC(=O)COCCOCCNC(=O)COCCOCCNC(=O)CC[C@H](NC(=O)CC)C(=O)O. The number of carbonyl (C=O) groups excluding carboxylic acids is 4. The fourth-order valence-corrected chi connectivity index (χ4v) is 2.72. The topological polar surface area (TPSA) is 191 Å². The fraction of sp³-hybridized carbons (Fsp3) is 0.792. The molecule has 0 saturated heterocycles. The van der Waals surface area contributed by atoms with E-state index in [2.05, 4.69) is 21.3 Å². The van der Waals surface area contributed by atoms with Gasteiger partial charge in [-0.25, -0.2) is 4.79 Å². The van der Waals surface area contributed by atoms with Gasteiger partial charge in [0.25, 0.3) is 0 Å². The third kappa shape index (κ3) is 22.4. The molecule has 0 aliphatic heterocycles. The first-order valence-corrected chi connectivity index (χ1v) is 12.9. The second-order valence-corrected chi connectivity index (χ2v) is 8.08. The van der Waals surface area contributed by atoms with E-state index in [4.69, 9.17) is 24.1 Å². The van der Waals surface area contributed by atoms with Crippen LogP contribution in [-0.4, -0.2) is 113 Å². The molecule has 14 nitrogen and oxygen atoms in total. The van der Waals surface area contributed by atoms with Crippen molar-refractivity contribution in [2.75, 3.05) is 72.5 Å². The van der Waals surface area contributed by atoms with Gasteiger partial charge in [0.2, 0.25) is 23.6 Å². The Morgan fingerprint density at radius 3 is 1.66 bits per heavy atom. The third-order valence-electron chi connectivity index (χ3n) is 4.81. The van der Waals surface area contributed by atoms with Crippen LogP contribution in [0.2, 0.25) is 0 Å². The lowest BCUT2D eigenvalue weighted by atomic mass is 10.1. The molecule has 0 saturated carbocycles. The standard InChI is InChI=1S/C24H44N4O10/c1-3-5-8-25-22(31)17-37-15-14-36-12-10-27-23(32)18-38-16-13-35-11-9-26-21(30)7-6-19(24(33)34)28-20(29)4-2/h19H,3-18H2,1-2H3,(H,25,31)(H,26,30)(H,27,32)(H,28,29)(H,33,34)/t19-/m0/s1. The zero-order valence-electron chi connectivity index (χ0n) is 22.5. The van der Waals surface area contributed by atoms with E-state index in [0.29, 0.717) is 26.3 Å². The third-order valence-corrected chi connectivity index (χ3v) is 4.81. The maximum Gasteiger partial charge on any atom is 0.326 e. The molecular formula is C24H44N4O10. The Morgan fingerprint density at radius 1 is 0.658 bits per heavy atom. The van der Waals surface area contributed by atoms with Crippen LogP contribution in [0.1, 0.15) is 46.0 Å². The molecule has 0 aromatic carbocycles. The molecule has 0 aromatic rings. The number of hydrogen-bond donors (Lipinski definition) is 5. The molecule has 14 heteroatoms. The van der Waals surface area contributed by atoms with Gasteiger partial charge in [0, 0.05) is 32.5 Å². The smallest absolute Gasteiger partial charge is 0.326 e. The minimum atomic E-state index is -1.19. The van der Waals surface area contributed by atoms with E-state index >= 15 is 0 Å². The highest BCUT2D eigenvalue weighted by atomic mass is 16.5. The van der Waals surface area contributed by atoms with Gasteiger partial charge in [0.05, 0.1) is 39.6 Å². The number of amides is 4. The molecule has 0 fully saturated rings. The van der Waals surface area contributed by atoms with Crippen LogP contribution in [0.25, 0.3) is 0 Å². The van der Waals surface area contributed by atoms with Gasteiger partial charge in [-0.2, -0.15) is 0 Å². The van der Waals surface area contributed by atoms with Crippen LogP contribution in [0, 0.1) is 0 Å². The zero-order chi connectivity index (χ0) is 28.4. The largest absolute Gasteiger partial charge is 0.480 e. The lowest BCUT2D eigenvalue weighted by molar-refractivity contribution is -0.142. The molecule has 0 aliphatic rings. The van der Waals surface area contributed by atoms with Crippen molar-refractivity contribution in [3.05, 3.63) is 0 Å². The zero-order valence-corrected chi connectivity index (χ0v) is 22.5. The number of ether oxygens (including phenoxy) is 4. The molecular weight excluding hydrogens is 504 g/mol. The van der Waals surface area contributed by atoms with Crippen LogP contribution in [0.3, 0.4) is 0 Å². The Kier molecular flexibility index (Phi) is 22.7.